The Kier molecular flexibility index (Phi) is 3.54. The standard InChI is InChI=1S/C29H26N2/c30-17-18-5-3-6-23(16-18)31-27-10-4-9-26-28(27)24-7-1-2-8-25(24)29(26)21-12-19-11-20(14-21)15-22(29)13-19/h1-10,16,19-22,31H,11-15H2. The van der Waals surface area contributed by atoms with Crippen molar-refractivity contribution in [1.82, 2.24) is 0 Å². The summed E-state index contributed by atoms with van der Waals surface area (Å²) < 4.78 is 0. The zero-order valence-corrected chi connectivity index (χ0v) is 17.6. The molecule has 2 heteroatoms. The number of nitrogens with one attached hydrogen (secondary N) is 1. The van der Waals surface area contributed by atoms with E-state index in [9.17, 15) is 5.26 Å². The second kappa shape index (κ2) is 6.24. The van der Waals surface area contributed by atoms with Crippen molar-refractivity contribution in [1.29, 1.82) is 5.26 Å². The molecular formula is C29H26N2. The summed E-state index contributed by atoms with van der Waals surface area (Å²) in [5.74, 6) is 3.48. The van der Waals surface area contributed by atoms with Crippen LogP contribution in [0.25, 0.3) is 11.1 Å². The van der Waals surface area contributed by atoms with Crippen LogP contribution in [0.4, 0.5) is 11.4 Å². The first kappa shape index (κ1) is 17.6. The number of anilines is 2. The third-order valence-electron chi connectivity index (χ3n) is 8.85. The Balaban J connectivity index is 1.43. The minimum Gasteiger partial charge on any atom is -0.355 e. The Morgan fingerprint density at radius 3 is 2.26 bits per heavy atom. The molecule has 4 fully saturated rings. The fourth-order valence-corrected chi connectivity index (χ4v) is 8.13. The normalized spacial score (nSPS) is 31.3. The molecule has 31 heavy (non-hydrogen) atoms. The first-order valence-electron chi connectivity index (χ1n) is 11.8. The Labute approximate surface area is 183 Å². The van der Waals surface area contributed by atoms with Gasteiger partial charge in [0, 0.05) is 22.4 Å². The van der Waals surface area contributed by atoms with Gasteiger partial charge in [0.05, 0.1) is 11.6 Å². The van der Waals surface area contributed by atoms with Gasteiger partial charge in [-0.05, 0) is 96.7 Å². The number of nitriles is 1. The molecule has 0 atom stereocenters. The van der Waals surface area contributed by atoms with E-state index in [4.69, 9.17) is 0 Å². The van der Waals surface area contributed by atoms with E-state index in [-0.39, 0.29) is 5.41 Å². The van der Waals surface area contributed by atoms with Crippen LogP contribution < -0.4 is 5.32 Å². The molecule has 0 unspecified atom stereocenters. The summed E-state index contributed by atoms with van der Waals surface area (Å²) in [6.07, 6.45) is 7.10. The van der Waals surface area contributed by atoms with Gasteiger partial charge in [-0.25, -0.2) is 0 Å². The van der Waals surface area contributed by atoms with Gasteiger partial charge in [0.15, 0.2) is 0 Å². The number of rotatable bonds is 2. The molecule has 0 radical (unpaired) electrons. The number of nitrogens with zero attached hydrogens (tertiary/aromatic N) is 1. The fourth-order valence-electron chi connectivity index (χ4n) is 8.13. The summed E-state index contributed by atoms with van der Waals surface area (Å²) in [5, 5.41) is 13.0. The van der Waals surface area contributed by atoms with Gasteiger partial charge in [-0.3, -0.25) is 0 Å². The van der Waals surface area contributed by atoms with Crippen LogP contribution in [-0.4, -0.2) is 0 Å². The Hall–Kier alpha value is -3.05. The summed E-state index contributed by atoms with van der Waals surface area (Å²) in [7, 11) is 0. The highest BCUT2D eigenvalue weighted by Gasteiger charge is 2.61. The van der Waals surface area contributed by atoms with E-state index in [0.29, 0.717) is 5.56 Å². The van der Waals surface area contributed by atoms with Crippen molar-refractivity contribution >= 4 is 11.4 Å². The molecule has 0 saturated heterocycles. The highest BCUT2D eigenvalue weighted by atomic mass is 14.9. The SMILES string of the molecule is N#Cc1cccc(Nc2cccc3c2-c2ccccc2C32C3CC4CC(C3)CC2C4)c1. The van der Waals surface area contributed by atoms with Crippen LogP contribution in [-0.2, 0) is 5.41 Å². The van der Waals surface area contributed by atoms with Crippen LogP contribution >= 0.6 is 0 Å². The van der Waals surface area contributed by atoms with Gasteiger partial charge in [0.1, 0.15) is 0 Å². The Morgan fingerprint density at radius 2 is 1.48 bits per heavy atom. The number of hydrogen-bond acceptors (Lipinski definition) is 2. The molecule has 0 aromatic heterocycles. The summed E-state index contributed by atoms with van der Waals surface area (Å²) in [6, 6.07) is 26.2. The van der Waals surface area contributed by atoms with Crippen molar-refractivity contribution < 1.29 is 0 Å². The molecule has 2 nitrogen and oxygen atoms in total. The minimum absolute atomic E-state index is 0.200. The molecule has 4 bridgehead atoms. The van der Waals surface area contributed by atoms with Crippen LogP contribution in [0, 0.1) is 35.0 Å². The van der Waals surface area contributed by atoms with E-state index in [1.165, 1.54) is 48.9 Å². The number of benzene rings is 3. The lowest BCUT2D eigenvalue weighted by Gasteiger charge is -2.61. The molecule has 0 heterocycles. The predicted octanol–water partition coefficient (Wildman–Crippen LogP) is 7.02. The average molecular weight is 403 g/mol. The van der Waals surface area contributed by atoms with Gasteiger partial charge in [-0.2, -0.15) is 5.26 Å². The Morgan fingerprint density at radius 1 is 0.774 bits per heavy atom. The van der Waals surface area contributed by atoms with Crippen molar-refractivity contribution in [2.75, 3.05) is 5.32 Å². The van der Waals surface area contributed by atoms with Gasteiger partial charge in [-0.15, -0.1) is 0 Å². The molecule has 3 aromatic carbocycles. The zero-order chi connectivity index (χ0) is 20.6. The summed E-state index contributed by atoms with van der Waals surface area (Å²) >= 11 is 0. The smallest absolute Gasteiger partial charge is 0.0992 e. The van der Waals surface area contributed by atoms with E-state index in [2.05, 4.69) is 59.9 Å². The third kappa shape index (κ3) is 2.27. The summed E-state index contributed by atoms with van der Waals surface area (Å²) in [5.41, 5.74) is 9.00. The van der Waals surface area contributed by atoms with Crippen LogP contribution in [0.3, 0.4) is 0 Å². The number of fused-ring (bicyclic) bond motifs is 3. The van der Waals surface area contributed by atoms with E-state index >= 15 is 0 Å². The number of hydrogen-bond donors (Lipinski definition) is 1. The lowest BCUT2D eigenvalue weighted by molar-refractivity contribution is -0.0399. The zero-order valence-electron chi connectivity index (χ0n) is 17.6. The Bertz CT molecular complexity index is 1220. The predicted molar refractivity (Wildman–Crippen MR) is 124 cm³/mol. The highest BCUT2D eigenvalue weighted by molar-refractivity contribution is 5.92. The molecule has 1 N–H and O–H groups in total. The van der Waals surface area contributed by atoms with Gasteiger partial charge in [0.2, 0.25) is 0 Å². The third-order valence-corrected chi connectivity index (χ3v) is 8.85. The van der Waals surface area contributed by atoms with Gasteiger partial charge < -0.3 is 5.32 Å². The molecule has 5 aliphatic carbocycles. The molecule has 152 valence electrons. The highest BCUT2D eigenvalue weighted by Crippen LogP contribution is 2.69. The van der Waals surface area contributed by atoms with Crippen LogP contribution in [0.2, 0.25) is 0 Å². The van der Waals surface area contributed by atoms with Crippen LogP contribution in [0.5, 0.6) is 0 Å². The molecule has 4 saturated carbocycles. The van der Waals surface area contributed by atoms with Crippen molar-refractivity contribution in [3.8, 4) is 17.2 Å². The minimum atomic E-state index is 0.200. The van der Waals surface area contributed by atoms with Gasteiger partial charge >= 0.3 is 0 Å². The second-order valence-electron chi connectivity index (χ2n) is 10.3. The van der Waals surface area contributed by atoms with Gasteiger partial charge in [-0.1, -0.05) is 42.5 Å². The second-order valence-corrected chi connectivity index (χ2v) is 10.3. The summed E-state index contributed by atoms with van der Waals surface area (Å²) in [6.45, 7) is 0. The quantitative estimate of drug-likeness (QED) is 0.500. The van der Waals surface area contributed by atoms with E-state index in [0.717, 1.165) is 29.4 Å². The van der Waals surface area contributed by atoms with Crippen molar-refractivity contribution in [3.05, 3.63) is 83.4 Å². The monoisotopic (exact) mass is 402 g/mol. The molecular weight excluding hydrogens is 376 g/mol. The lowest BCUT2D eigenvalue weighted by Crippen LogP contribution is -2.55. The van der Waals surface area contributed by atoms with Gasteiger partial charge in [0.25, 0.3) is 0 Å². The first-order valence-corrected chi connectivity index (χ1v) is 11.8. The maximum absolute atomic E-state index is 9.32. The largest absolute Gasteiger partial charge is 0.355 e. The van der Waals surface area contributed by atoms with Crippen molar-refractivity contribution in [2.45, 2.75) is 37.5 Å². The van der Waals surface area contributed by atoms with Crippen molar-refractivity contribution in [3.63, 3.8) is 0 Å². The first-order chi connectivity index (χ1) is 15.3. The van der Waals surface area contributed by atoms with E-state index in [1.807, 2.05) is 18.2 Å². The maximum atomic E-state index is 9.32. The molecule has 1 spiro atoms. The lowest BCUT2D eigenvalue weighted by atomic mass is 9.43. The summed E-state index contributed by atoms with van der Waals surface area (Å²) in [4.78, 5) is 0. The van der Waals surface area contributed by atoms with E-state index < -0.39 is 0 Å². The molecule has 0 aliphatic heterocycles. The fraction of sp³-hybridized carbons (Fsp3) is 0.345. The average Bonchev–Trinajstić information content (AvgIpc) is 3.09. The van der Waals surface area contributed by atoms with Crippen LogP contribution in [0.1, 0.15) is 48.8 Å². The molecule has 3 aromatic rings. The maximum Gasteiger partial charge on any atom is 0.0992 e. The van der Waals surface area contributed by atoms with Crippen molar-refractivity contribution in [2.24, 2.45) is 23.7 Å². The molecule has 5 aliphatic rings. The van der Waals surface area contributed by atoms with E-state index in [1.54, 1.807) is 11.1 Å². The molecule has 8 rings (SSSR count). The van der Waals surface area contributed by atoms with Crippen LogP contribution in [0.15, 0.2) is 66.7 Å². The molecule has 0 amide bonds. The topological polar surface area (TPSA) is 35.8 Å².